The van der Waals surface area contributed by atoms with E-state index in [0.29, 0.717) is 34.1 Å². The number of methoxy groups -OCH3 is 1. The lowest BCUT2D eigenvalue weighted by atomic mass is 9.95. The highest BCUT2D eigenvalue weighted by atomic mass is 16.5. The molecule has 16 nitrogen and oxygen atoms in total. The van der Waals surface area contributed by atoms with Crippen molar-refractivity contribution in [1.82, 2.24) is 39.5 Å². The molecule has 1 unspecified atom stereocenters. The van der Waals surface area contributed by atoms with E-state index in [1.165, 1.54) is 6.20 Å². The Labute approximate surface area is 302 Å². The molecule has 2 N–H and O–H groups in total. The van der Waals surface area contributed by atoms with Crippen molar-refractivity contribution in [1.29, 1.82) is 0 Å². The first-order chi connectivity index (χ1) is 25.7. The summed E-state index contributed by atoms with van der Waals surface area (Å²) >= 11 is 0. The number of anilines is 2. The Hall–Kier alpha value is -6.16. The maximum absolute atomic E-state index is 13.3. The second kappa shape index (κ2) is 12.8. The maximum Gasteiger partial charge on any atom is 0.262 e. The van der Waals surface area contributed by atoms with Crippen molar-refractivity contribution in [2.75, 3.05) is 50.1 Å². The van der Waals surface area contributed by atoms with E-state index >= 15 is 0 Å². The number of piperidine rings is 2. The van der Waals surface area contributed by atoms with E-state index in [-0.39, 0.29) is 30.4 Å². The summed E-state index contributed by atoms with van der Waals surface area (Å²) in [6.45, 7) is 4.55. The van der Waals surface area contributed by atoms with Gasteiger partial charge in [0.2, 0.25) is 11.8 Å². The molecule has 1 atom stereocenters. The van der Waals surface area contributed by atoms with Crippen LogP contribution < -0.4 is 20.3 Å². The van der Waals surface area contributed by atoms with E-state index in [1.54, 1.807) is 42.2 Å². The average molecular weight is 717 g/mol. The van der Waals surface area contributed by atoms with Crippen LogP contribution in [0.3, 0.4) is 0 Å². The summed E-state index contributed by atoms with van der Waals surface area (Å²) in [5.74, 6) is -1.34. The monoisotopic (exact) mass is 716 g/mol. The van der Waals surface area contributed by atoms with Gasteiger partial charge in [-0.1, -0.05) is 0 Å². The minimum absolute atomic E-state index is 0.0893. The summed E-state index contributed by atoms with van der Waals surface area (Å²) in [6, 6.07) is 10.0. The van der Waals surface area contributed by atoms with Gasteiger partial charge in [-0.2, -0.15) is 10.2 Å². The third kappa shape index (κ3) is 5.74. The van der Waals surface area contributed by atoms with Crippen LogP contribution in [0, 0.1) is 5.92 Å². The van der Waals surface area contributed by atoms with E-state index in [1.807, 2.05) is 29.1 Å². The molecule has 53 heavy (non-hydrogen) atoms. The molecule has 3 saturated heterocycles. The van der Waals surface area contributed by atoms with Gasteiger partial charge in [0.05, 0.1) is 41.7 Å². The average Bonchev–Trinajstić information content (AvgIpc) is 3.83. The molecule has 270 valence electrons. The maximum atomic E-state index is 13.3. The number of hydrogen-bond donors (Lipinski definition) is 2. The van der Waals surface area contributed by atoms with Gasteiger partial charge in [-0.15, -0.1) is 0 Å². The number of nitrogens with zero attached hydrogens (tertiary/aromatic N) is 8. The van der Waals surface area contributed by atoms with Gasteiger partial charge in [0, 0.05) is 80.8 Å². The standard InChI is InChI=1S/C37H36N10O6/c1-53-31-15-28-22(13-29(31)40-34(49)27-16-39-45-10-2-9-38-33(27)45)20-46(42-28)23-7-11-43(12-8-23)17-21-18-44(19-21)24-3-4-25-26(14-24)37(52)47(36(25)51)30-5-6-32(48)41-35(30)50/h2-4,9-10,13-16,20-21,23,30H,5-8,11-12,17-19H2,1H3,(H,40,49)(H,41,48,50). The zero-order valence-electron chi connectivity index (χ0n) is 28.9. The summed E-state index contributed by atoms with van der Waals surface area (Å²) in [5.41, 5.74) is 3.63. The van der Waals surface area contributed by atoms with Gasteiger partial charge in [-0.3, -0.25) is 38.9 Å². The largest absolute Gasteiger partial charge is 0.494 e. The van der Waals surface area contributed by atoms with Crippen molar-refractivity contribution >= 4 is 57.5 Å². The number of benzene rings is 2. The smallest absolute Gasteiger partial charge is 0.262 e. The highest BCUT2D eigenvalue weighted by Crippen LogP contribution is 2.35. The molecule has 16 heteroatoms. The number of rotatable bonds is 8. The van der Waals surface area contributed by atoms with Crippen LogP contribution in [0.5, 0.6) is 5.75 Å². The summed E-state index contributed by atoms with van der Waals surface area (Å²) in [4.78, 5) is 73.5. The zero-order valence-corrected chi connectivity index (χ0v) is 28.9. The molecule has 4 aliphatic heterocycles. The molecule has 0 spiro atoms. The van der Waals surface area contributed by atoms with Gasteiger partial charge < -0.3 is 19.9 Å². The van der Waals surface area contributed by atoms with E-state index in [2.05, 4.69) is 30.5 Å². The number of hydrogen-bond acceptors (Lipinski definition) is 11. The van der Waals surface area contributed by atoms with Crippen LogP contribution in [-0.4, -0.2) is 110 Å². The highest BCUT2D eigenvalue weighted by molar-refractivity contribution is 6.23. The Bertz CT molecular complexity index is 2340. The lowest BCUT2D eigenvalue weighted by Crippen LogP contribution is -2.54. The van der Waals surface area contributed by atoms with Gasteiger partial charge >= 0.3 is 0 Å². The predicted octanol–water partition coefficient (Wildman–Crippen LogP) is 2.51. The van der Waals surface area contributed by atoms with Crippen molar-refractivity contribution in [3.63, 3.8) is 0 Å². The fourth-order valence-electron chi connectivity index (χ4n) is 7.99. The second-order valence-electron chi connectivity index (χ2n) is 14.1. The number of carbonyl (C=O) groups excluding carboxylic acids is 5. The lowest BCUT2D eigenvalue weighted by Gasteiger charge is -2.44. The van der Waals surface area contributed by atoms with E-state index in [0.717, 1.165) is 67.1 Å². The van der Waals surface area contributed by atoms with Gasteiger partial charge in [-0.05, 0) is 49.6 Å². The Kier molecular flexibility index (Phi) is 7.91. The highest BCUT2D eigenvalue weighted by Gasteiger charge is 2.45. The van der Waals surface area contributed by atoms with Crippen LogP contribution in [0.15, 0.2) is 61.2 Å². The molecule has 3 fully saturated rings. The van der Waals surface area contributed by atoms with Gasteiger partial charge in [0.25, 0.3) is 17.7 Å². The topological polar surface area (TPSA) is 176 Å². The second-order valence-corrected chi connectivity index (χ2v) is 14.1. The van der Waals surface area contributed by atoms with Gasteiger partial charge in [0.15, 0.2) is 5.65 Å². The number of carbonyl (C=O) groups is 5. The number of likely N-dealkylation sites (tertiary alicyclic amines) is 1. The minimum Gasteiger partial charge on any atom is -0.494 e. The molecular weight excluding hydrogens is 680 g/mol. The third-order valence-corrected chi connectivity index (χ3v) is 10.8. The molecule has 0 aliphatic carbocycles. The Balaban J connectivity index is 0.794. The van der Waals surface area contributed by atoms with Gasteiger partial charge in [0.1, 0.15) is 17.4 Å². The van der Waals surface area contributed by atoms with Crippen LogP contribution in [0.2, 0.25) is 0 Å². The van der Waals surface area contributed by atoms with Crippen molar-refractivity contribution in [2.24, 2.45) is 5.92 Å². The molecule has 3 aromatic heterocycles. The predicted molar refractivity (Wildman–Crippen MR) is 191 cm³/mol. The SMILES string of the molecule is COc1cc2nn(C3CCN(CC4CN(c5ccc6c(c5)C(=O)N(C5CCC(=O)NC5=O)C6=O)C4)CC3)cc2cc1NC(=O)c1cnn2cccnc12. The van der Waals surface area contributed by atoms with E-state index in [9.17, 15) is 24.0 Å². The zero-order chi connectivity index (χ0) is 36.4. The summed E-state index contributed by atoms with van der Waals surface area (Å²) in [7, 11) is 1.57. The lowest BCUT2D eigenvalue weighted by molar-refractivity contribution is -0.136. The fourth-order valence-corrected chi connectivity index (χ4v) is 7.99. The van der Waals surface area contributed by atoms with Crippen molar-refractivity contribution in [3.05, 3.63) is 77.9 Å². The third-order valence-electron chi connectivity index (χ3n) is 10.8. The first-order valence-corrected chi connectivity index (χ1v) is 17.7. The van der Waals surface area contributed by atoms with Crippen LogP contribution in [-0.2, 0) is 9.59 Å². The molecule has 2 aromatic carbocycles. The number of nitrogens with one attached hydrogen (secondary N) is 2. The molecule has 0 saturated carbocycles. The number of amides is 5. The van der Waals surface area contributed by atoms with Crippen LogP contribution in [0.25, 0.3) is 16.6 Å². The van der Waals surface area contributed by atoms with Crippen LogP contribution >= 0.6 is 0 Å². The van der Waals surface area contributed by atoms with E-state index in [4.69, 9.17) is 9.84 Å². The minimum atomic E-state index is -0.974. The summed E-state index contributed by atoms with van der Waals surface area (Å²) in [5, 5.41) is 15.2. The summed E-state index contributed by atoms with van der Waals surface area (Å²) < 4.78 is 9.21. The summed E-state index contributed by atoms with van der Waals surface area (Å²) in [6.07, 6.45) is 9.02. The molecule has 7 heterocycles. The Morgan fingerprint density at radius 3 is 2.62 bits per heavy atom. The molecule has 5 aromatic rings. The first-order valence-electron chi connectivity index (χ1n) is 17.7. The Morgan fingerprint density at radius 2 is 1.83 bits per heavy atom. The van der Waals surface area contributed by atoms with Crippen molar-refractivity contribution in [3.8, 4) is 5.75 Å². The molecule has 5 amide bonds. The van der Waals surface area contributed by atoms with E-state index < -0.39 is 29.7 Å². The van der Waals surface area contributed by atoms with Crippen LogP contribution in [0.1, 0.15) is 62.8 Å². The quantitative estimate of drug-likeness (QED) is 0.226. The molecule has 0 bridgehead atoms. The molecule has 4 aliphatic rings. The number of ether oxygens (including phenoxy) is 1. The van der Waals surface area contributed by atoms with Crippen LogP contribution in [0.4, 0.5) is 11.4 Å². The number of aromatic nitrogens is 5. The normalized spacial score (nSPS) is 19.9. The fraction of sp³-hybridized carbons (Fsp3) is 0.351. The molecular formula is C37H36N10O6. The first kappa shape index (κ1) is 32.7. The number of fused-ring (bicyclic) bond motifs is 3. The number of imide groups is 2. The molecule has 0 radical (unpaired) electrons. The van der Waals surface area contributed by atoms with Gasteiger partial charge in [-0.25, -0.2) is 9.50 Å². The van der Waals surface area contributed by atoms with Crippen molar-refractivity contribution < 1.29 is 28.7 Å². The molecule has 9 rings (SSSR count). The Morgan fingerprint density at radius 1 is 1.02 bits per heavy atom. The van der Waals surface area contributed by atoms with Crippen molar-refractivity contribution in [2.45, 2.75) is 37.8 Å².